The highest BCUT2D eigenvalue weighted by atomic mass is 35.7. The first-order chi connectivity index (χ1) is 8.29. The van der Waals surface area contributed by atoms with E-state index in [9.17, 15) is 18.0 Å². The van der Waals surface area contributed by atoms with Crippen molar-refractivity contribution >= 4 is 42.9 Å². The topological polar surface area (TPSA) is 83.6 Å². The molecule has 1 N–H and O–H groups in total. The minimum Gasteiger partial charge on any atom is -0.323 e. The molecular formula is C10H9ClN2O4S. The van der Waals surface area contributed by atoms with Crippen molar-refractivity contribution in [3.05, 3.63) is 18.2 Å². The van der Waals surface area contributed by atoms with Gasteiger partial charge in [-0.1, -0.05) is 0 Å². The van der Waals surface area contributed by atoms with Crippen LogP contribution in [0.4, 0.5) is 11.4 Å². The van der Waals surface area contributed by atoms with E-state index < -0.39 is 9.05 Å². The van der Waals surface area contributed by atoms with E-state index in [1.807, 2.05) is 0 Å². The number of anilines is 2. The van der Waals surface area contributed by atoms with Crippen molar-refractivity contribution in [3.8, 4) is 0 Å². The third kappa shape index (κ3) is 2.32. The van der Waals surface area contributed by atoms with Crippen LogP contribution in [-0.2, 0) is 18.6 Å². The van der Waals surface area contributed by atoms with Gasteiger partial charge in [-0.2, -0.15) is 0 Å². The predicted molar refractivity (Wildman–Crippen MR) is 66.1 cm³/mol. The normalized spacial score (nSPS) is 15.0. The molecule has 96 valence electrons. The van der Waals surface area contributed by atoms with Crippen LogP contribution in [0.15, 0.2) is 23.1 Å². The van der Waals surface area contributed by atoms with E-state index >= 15 is 0 Å². The lowest BCUT2D eigenvalue weighted by molar-refractivity contribution is -0.120. The van der Waals surface area contributed by atoms with Crippen LogP contribution in [0.3, 0.4) is 0 Å². The zero-order chi connectivity index (χ0) is 13.5. The monoisotopic (exact) mass is 288 g/mol. The third-order valence-corrected chi connectivity index (χ3v) is 3.85. The summed E-state index contributed by atoms with van der Waals surface area (Å²) < 4.78 is 22.4. The quantitative estimate of drug-likeness (QED) is 0.779. The Balaban J connectivity index is 2.57. The Morgan fingerprint density at radius 2 is 2.11 bits per heavy atom. The van der Waals surface area contributed by atoms with Crippen molar-refractivity contribution in [2.45, 2.75) is 11.8 Å². The van der Waals surface area contributed by atoms with Gasteiger partial charge in [0.05, 0.1) is 16.3 Å². The fraction of sp³-hybridized carbons (Fsp3) is 0.200. The molecular weight excluding hydrogens is 280 g/mol. The highest BCUT2D eigenvalue weighted by Gasteiger charge is 2.26. The van der Waals surface area contributed by atoms with Crippen molar-refractivity contribution < 1.29 is 18.0 Å². The molecule has 0 saturated heterocycles. The van der Waals surface area contributed by atoms with Crippen LogP contribution in [0.1, 0.15) is 6.92 Å². The molecule has 0 spiro atoms. The first kappa shape index (κ1) is 12.8. The summed E-state index contributed by atoms with van der Waals surface area (Å²) in [7, 11) is 1.34. The van der Waals surface area contributed by atoms with E-state index in [-0.39, 0.29) is 28.9 Å². The molecule has 1 aromatic rings. The Labute approximate surface area is 108 Å². The minimum absolute atomic E-state index is 0.0880. The number of nitrogens with zero attached hydrogens (tertiary/aromatic N) is 1. The molecule has 6 nitrogen and oxygen atoms in total. The standard InChI is InChI=1S/C10H9ClN2O4S/c1-6(14)13-5-10(15)12-8-4-7(18(11,16)17)2-3-9(8)13/h2-4H,5H2,1H3,(H,12,15). The lowest BCUT2D eigenvalue weighted by Crippen LogP contribution is -2.41. The van der Waals surface area contributed by atoms with E-state index in [1.54, 1.807) is 0 Å². The number of fused-ring (bicyclic) bond motifs is 1. The molecule has 2 rings (SSSR count). The van der Waals surface area contributed by atoms with Gasteiger partial charge >= 0.3 is 0 Å². The third-order valence-electron chi connectivity index (χ3n) is 2.50. The Morgan fingerprint density at radius 1 is 1.44 bits per heavy atom. The summed E-state index contributed by atoms with van der Waals surface area (Å²) >= 11 is 0. The summed E-state index contributed by atoms with van der Waals surface area (Å²) in [6.07, 6.45) is 0. The van der Waals surface area contributed by atoms with Crippen LogP contribution in [-0.4, -0.2) is 26.8 Å². The molecule has 0 unspecified atom stereocenters. The number of carbonyl (C=O) groups is 2. The average molecular weight is 289 g/mol. The van der Waals surface area contributed by atoms with Crippen molar-refractivity contribution in [2.75, 3.05) is 16.8 Å². The number of nitrogens with one attached hydrogen (secondary N) is 1. The van der Waals surface area contributed by atoms with Crippen LogP contribution in [0.2, 0.25) is 0 Å². The Kier molecular flexibility index (Phi) is 3.04. The van der Waals surface area contributed by atoms with Gasteiger partial charge in [-0.15, -0.1) is 0 Å². The van der Waals surface area contributed by atoms with Crippen molar-refractivity contribution in [1.29, 1.82) is 0 Å². The summed E-state index contributed by atoms with van der Waals surface area (Å²) in [4.78, 5) is 23.9. The highest BCUT2D eigenvalue weighted by Crippen LogP contribution is 2.32. The van der Waals surface area contributed by atoms with Gasteiger partial charge < -0.3 is 10.2 Å². The smallest absolute Gasteiger partial charge is 0.261 e. The van der Waals surface area contributed by atoms with E-state index in [2.05, 4.69) is 5.32 Å². The molecule has 8 heteroatoms. The molecule has 0 radical (unpaired) electrons. The van der Waals surface area contributed by atoms with Gasteiger partial charge in [0.1, 0.15) is 6.54 Å². The van der Waals surface area contributed by atoms with Gasteiger partial charge in [0, 0.05) is 17.6 Å². The van der Waals surface area contributed by atoms with E-state index in [4.69, 9.17) is 10.7 Å². The minimum atomic E-state index is -3.87. The van der Waals surface area contributed by atoms with E-state index in [0.717, 1.165) is 0 Å². The zero-order valence-corrected chi connectivity index (χ0v) is 10.9. The molecule has 0 bridgehead atoms. The molecule has 1 aliphatic rings. The number of rotatable bonds is 1. The van der Waals surface area contributed by atoms with Gasteiger partial charge in [0.15, 0.2) is 0 Å². The van der Waals surface area contributed by atoms with Crippen molar-refractivity contribution in [1.82, 2.24) is 0 Å². The largest absolute Gasteiger partial charge is 0.323 e. The van der Waals surface area contributed by atoms with Crippen LogP contribution >= 0.6 is 10.7 Å². The van der Waals surface area contributed by atoms with Crippen LogP contribution in [0.5, 0.6) is 0 Å². The maximum atomic E-state index is 11.4. The summed E-state index contributed by atoms with van der Waals surface area (Å²) in [6, 6.07) is 3.95. The summed E-state index contributed by atoms with van der Waals surface area (Å²) in [5, 5.41) is 2.50. The zero-order valence-electron chi connectivity index (χ0n) is 9.31. The average Bonchev–Trinajstić information content (AvgIpc) is 2.25. The molecule has 1 aromatic carbocycles. The fourth-order valence-corrected chi connectivity index (χ4v) is 2.48. The highest BCUT2D eigenvalue weighted by molar-refractivity contribution is 8.13. The van der Waals surface area contributed by atoms with Crippen molar-refractivity contribution in [3.63, 3.8) is 0 Å². The lowest BCUT2D eigenvalue weighted by Gasteiger charge is -2.28. The second kappa shape index (κ2) is 4.25. The second-order valence-corrected chi connectivity index (χ2v) is 6.34. The molecule has 0 saturated carbocycles. The maximum Gasteiger partial charge on any atom is 0.261 e. The second-order valence-electron chi connectivity index (χ2n) is 3.77. The Bertz CT molecular complexity index is 641. The molecule has 0 fully saturated rings. The maximum absolute atomic E-state index is 11.4. The van der Waals surface area contributed by atoms with Crippen LogP contribution < -0.4 is 10.2 Å². The summed E-state index contributed by atoms with van der Waals surface area (Å²) in [5.74, 6) is -0.686. The number of amides is 2. The van der Waals surface area contributed by atoms with Crippen LogP contribution in [0.25, 0.3) is 0 Å². The molecule has 0 aliphatic carbocycles. The summed E-state index contributed by atoms with van der Waals surface area (Å²) in [5.41, 5.74) is 0.703. The number of hydrogen-bond acceptors (Lipinski definition) is 4. The van der Waals surface area contributed by atoms with Gasteiger partial charge in [-0.25, -0.2) is 8.42 Å². The fourth-order valence-electron chi connectivity index (χ4n) is 1.70. The first-order valence-corrected chi connectivity index (χ1v) is 7.26. The van der Waals surface area contributed by atoms with Crippen molar-refractivity contribution in [2.24, 2.45) is 0 Å². The molecule has 2 amide bonds. The van der Waals surface area contributed by atoms with E-state index in [1.165, 1.54) is 30.0 Å². The molecule has 1 heterocycles. The number of benzene rings is 1. The van der Waals surface area contributed by atoms with E-state index in [0.29, 0.717) is 5.69 Å². The molecule has 18 heavy (non-hydrogen) atoms. The lowest BCUT2D eigenvalue weighted by atomic mass is 10.2. The molecule has 1 aliphatic heterocycles. The van der Waals surface area contributed by atoms with Gasteiger partial charge in [0.25, 0.3) is 9.05 Å². The SMILES string of the molecule is CC(=O)N1CC(=O)Nc2cc(S(=O)(=O)Cl)ccc21. The van der Waals surface area contributed by atoms with Crippen LogP contribution in [0, 0.1) is 0 Å². The molecule has 0 atom stereocenters. The molecule has 0 aromatic heterocycles. The first-order valence-electron chi connectivity index (χ1n) is 4.96. The van der Waals surface area contributed by atoms with Gasteiger partial charge in [0.2, 0.25) is 11.8 Å². The predicted octanol–water partition coefficient (Wildman–Crippen LogP) is 0.919. The summed E-state index contributed by atoms with van der Waals surface area (Å²) in [6.45, 7) is 1.24. The number of carbonyl (C=O) groups excluding carboxylic acids is 2. The number of hydrogen-bond donors (Lipinski definition) is 1. The van der Waals surface area contributed by atoms with Gasteiger partial charge in [-0.3, -0.25) is 9.59 Å². The number of halogens is 1. The Hall–Kier alpha value is -1.60. The van der Waals surface area contributed by atoms with Gasteiger partial charge in [-0.05, 0) is 18.2 Å². The Morgan fingerprint density at radius 3 is 2.67 bits per heavy atom.